The van der Waals surface area contributed by atoms with Crippen LogP contribution in [0.3, 0.4) is 0 Å². The second-order valence-electron chi connectivity index (χ2n) is 4.82. The van der Waals surface area contributed by atoms with E-state index in [2.05, 4.69) is 0 Å². The lowest BCUT2D eigenvalue weighted by molar-refractivity contribution is -0.164. The second kappa shape index (κ2) is 5.34. The third-order valence-corrected chi connectivity index (χ3v) is 3.26. The number of carbonyl (C=O) groups excluding carboxylic acids is 1. The van der Waals surface area contributed by atoms with Crippen molar-refractivity contribution in [2.75, 3.05) is 0 Å². The van der Waals surface area contributed by atoms with Crippen LogP contribution < -0.4 is 5.32 Å². The van der Waals surface area contributed by atoms with Crippen molar-refractivity contribution in [1.82, 2.24) is 5.32 Å². The molecule has 1 aliphatic rings. The van der Waals surface area contributed by atoms with Crippen LogP contribution >= 0.6 is 0 Å². The van der Waals surface area contributed by atoms with E-state index in [1.807, 2.05) is 0 Å². The normalized spacial score (nSPS) is 22.5. The molecule has 4 nitrogen and oxygen atoms in total. The fourth-order valence-corrected chi connectivity index (χ4v) is 2.02. The van der Waals surface area contributed by atoms with Crippen LogP contribution in [0.2, 0.25) is 0 Å². The van der Waals surface area contributed by atoms with Gasteiger partial charge in [-0.05, 0) is 24.1 Å². The summed E-state index contributed by atoms with van der Waals surface area (Å²) < 4.78 is 51.7. The highest BCUT2D eigenvalue weighted by atomic mass is 19.4. The number of carboxylic acids is 1. The lowest BCUT2D eigenvalue weighted by Gasteiger charge is -2.22. The SMILES string of the molecule is O=C(O)[C@@H]1C[C@H]1C(=O)N[C@@H](c1ccc(F)cc1)C(F)(F)F. The third kappa shape index (κ3) is 3.50. The number of nitrogens with one attached hydrogen (secondary N) is 1. The van der Waals surface area contributed by atoms with Crippen molar-refractivity contribution in [3.63, 3.8) is 0 Å². The Morgan fingerprint density at radius 1 is 1.19 bits per heavy atom. The second-order valence-corrected chi connectivity index (χ2v) is 4.82. The molecule has 0 aromatic heterocycles. The molecule has 0 spiro atoms. The topological polar surface area (TPSA) is 66.4 Å². The van der Waals surface area contributed by atoms with Crippen molar-refractivity contribution >= 4 is 11.9 Å². The molecule has 0 heterocycles. The van der Waals surface area contributed by atoms with E-state index in [1.165, 1.54) is 0 Å². The minimum absolute atomic E-state index is 0.0230. The maximum absolute atomic E-state index is 13.0. The van der Waals surface area contributed by atoms with E-state index >= 15 is 0 Å². The van der Waals surface area contributed by atoms with E-state index in [1.54, 1.807) is 5.32 Å². The Morgan fingerprint density at radius 3 is 2.19 bits per heavy atom. The van der Waals surface area contributed by atoms with Crippen LogP contribution in [0.4, 0.5) is 17.6 Å². The van der Waals surface area contributed by atoms with Crippen LogP contribution in [0, 0.1) is 17.7 Å². The number of aliphatic carboxylic acids is 1. The summed E-state index contributed by atoms with van der Waals surface area (Å²) in [7, 11) is 0. The number of rotatable bonds is 4. The molecule has 1 fully saturated rings. The first-order valence-electron chi connectivity index (χ1n) is 6.05. The van der Waals surface area contributed by atoms with Crippen LogP contribution in [0.15, 0.2) is 24.3 Å². The van der Waals surface area contributed by atoms with Crippen LogP contribution in [0.1, 0.15) is 18.0 Å². The van der Waals surface area contributed by atoms with Crippen molar-refractivity contribution < 1.29 is 32.3 Å². The highest BCUT2D eigenvalue weighted by molar-refractivity contribution is 5.89. The van der Waals surface area contributed by atoms with Gasteiger partial charge in [0.15, 0.2) is 6.04 Å². The largest absolute Gasteiger partial charge is 0.481 e. The Kier molecular flexibility index (Phi) is 3.89. The molecule has 114 valence electrons. The summed E-state index contributed by atoms with van der Waals surface area (Å²) in [5.41, 5.74) is -0.315. The molecule has 0 saturated heterocycles. The molecule has 0 bridgehead atoms. The van der Waals surface area contributed by atoms with Gasteiger partial charge in [0, 0.05) is 0 Å². The van der Waals surface area contributed by atoms with Gasteiger partial charge < -0.3 is 10.4 Å². The molecule has 1 aliphatic carbocycles. The first-order chi connectivity index (χ1) is 9.70. The molecule has 1 saturated carbocycles. The Labute approximate surface area is 116 Å². The fourth-order valence-electron chi connectivity index (χ4n) is 2.02. The van der Waals surface area contributed by atoms with Gasteiger partial charge in [-0.3, -0.25) is 9.59 Å². The number of carbonyl (C=O) groups is 2. The Balaban J connectivity index is 2.13. The van der Waals surface area contributed by atoms with E-state index < -0.39 is 41.7 Å². The molecule has 1 aromatic carbocycles. The smallest absolute Gasteiger partial charge is 0.412 e. The average Bonchev–Trinajstić information content (AvgIpc) is 3.16. The Bertz CT molecular complexity index is 556. The zero-order valence-corrected chi connectivity index (χ0v) is 10.5. The molecule has 0 unspecified atom stereocenters. The lowest BCUT2D eigenvalue weighted by atomic mass is 10.1. The zero-order chi connectivity index (χ0) is 15.8. The summed E-state index contributed by atoms with van der Waals surface area (Å²) in [6, 6.07) is 1.28. The third-order valence-electron chi connectivity index (χ3n) is 3.26. The Hall–Kier alpha value is -2.12. The van der Waals surface area contributed by atoms with Crippen molar-refractivity contribution in [2.45, 2.75) is 18.6 Å². The zero-order valence-electron chi connectivity index (χ0n) is 10.5. The summed E-state index contributed by atoms with van der Waals surface area (Å²) in [6.07, 6.45) is -4.74. The summed E-state index contributed by atoms with van der Waals surface area (Å²) >= 11 is 0. The summed E-state index contributed by atoms with van der Waals surface area (Å²) in [5, 5.41) is 10.5. The van der Waals surface area contributed by atoms with Gasteiger partial charge in [0.2, 0.25) is 5.91 Å². The molecule has 8 heteroatoms. The first kappa shape index (κ1) is 15.3. The molecule has 2 rings (SSSR count). The molecule has 1 amide bonds. The number of amides is 1. The monoisotopic (exact) mass is 305 g/mol. The molecule has 0 aliphatic heterocycles. The molecular weight excluding hydrogens is 294 g/mol. The number of hydrogen-bond acceptors (Lipinski definition) is 2. The lowest BCUT2D eigenvalue weighted by Crippen LogP contribution is -2.39. The maximum Gasteiger partial charge on any atom is 0.412 e. The molecule has 1 aromatic rings. The van der Waals surface area contributed by atoms with Crippen molar-refractivity contribution in [2.24, 2.45) is 11.8 Å². The number of benzene rings is 1. The van der Waals surface area contributed by atoms with Crippen molar-refractivity contribution in [1.29, 1.82) is 0 Å². The predicted molar refractivity (Wildman–Crippen MR) is 62.6 cm³/mol. The highest BCUT2D eigenvalue weighted by Gasteiger charge is 2.51. The minimum Gasteiger partial charge on any atom is -0.481 e. The van der Waals surface area contributed by atoms with E-state index in [-0.39, 0.29) is 12.0 Å². The number of hydrogen-bond donors (Lipinski definition) is 2. The summed E-state index contributed by atoms with van der Waals surface area (Å²) in [4.78, 5) is 22.3. The van der Waals surface area contributed by atoms with Gasteiger partial charge in [0.1, 0.15) is 5.82 Å². The molecular formula is C13H11F4NO3. The number of halogens is 4. The van der Waals surface area contributed by atoms with E-state index in [0.717, 1.165) is 24.3 Å². The van der Waals surface area contributed by atoms with E-state index in [4.69, 9.17) is 5.11 Å². The van der Waals surface area contributed by atoms with Gasteiger partial charge in [-0.15, -0.1) is 0 Å². The minimum atomic E-state index is -4.76. The average molecular weight is 305 g/mol. The van der Waals surface area contributed by atoms with Gasteiger partial charge in [0.25, 0.3) is 0 Å². The van der Waals surface area contributed by atoms with E-state index in [9.17, 15) is 27.2 Å². The maximum atomic E-state index is 13.0. The molecule has 2 N–H and O–H groups in total. The van der Waals surface area contributed by atoms with Gasteiger partial charge in [-0.25, -0.2) is 4.39 Å². The molecule has 21 heavy (non-hydrogen) atoms. The fraction of sp³-hybridized carbons (Fsp3) is 0.385. The van der Waals surface area contributed by atoms with Crippen LogP contribution in [0.25, 0.3) is 0 Å². The quantitative estimate of drug-likeness (QED) is 0.839. The van der Waals surface area contributed by atoms with Crippen molar-refractivity contribution in [3.05, 3.63) is 35.6 Å². The standard InChI is InChI=1S/C13H11F4NO3/c14-7-3-1-6(2-4-7)10(13(15,16)17)18-11(19)8-5-9(8)12(20)21/h1-4,8-10H,5H2,(H,18,19)(H,20,21)/t8-,9-,10+/m1/s1. The Morgan fingerprint density at radius 2 is 1.76 bits per heavy atom. The summed E-state index contributed by atoms with van der Waals surface area (Å²) in [6.45, 7) is 0. The first-order valence-corrected chi connectivity index (χ1v) is 6.05. The highest BCUT2D eigenvalue weighted by Crippen LogP contribution is 2.40. The number of carboxylic acid groups (broad SMARTS) is 1. The van der Waals surface area contributed by atoms with Crippen molar-refractivity contribution in [3.8, 4) is 0 Å². The predicted octanol–water partition coefficient (Wildman–Crippen LogP) is 2.27. The molecule has 0 radical (unpaired) electrons. The van der Waals surface area contributed by atoms with Gasteiger partial charge in [-0.2, -0.15) is 13.2 Å². The summed E-state index contributed by atoms with van der Waals surface area (Å²) in [5.74, 6) is -4.76. The van der Waals surface area contributed by atoms with Crippen LogP contribution in [-0.4, -0.2) is 23.2 Å². The number of alkyl halides is 3. The van der Waals surface area contributed by atoms with E-state index in [0.29, 0.717) is 0 Å². The molecule has 3 atom stereocenters. The van der Waals surface area contributed by atoms with Gasteiger partial charge >= 0.3 is 12.1 Å². The van der Waals surface area contributed by atoms with Gasteiger partial charge in [-0.1, -0.05) is 12.1 Å². The van der Waals surface area contributed by atoms with Crippen LogP contribution in [0.5, 0.6) is 0 Å². The van der Waals surface area contributed by atoms with Crippen LogP contribution in [-0.2, 0) is 9.59 Å². The van der Waals surface area contributed by atoms with Gasteiger partial charge in [0.05, 0.1) is 11.8 Å².